The minimum Gasteiger partial charge on any atom is -0.463 e. The summed E-state index contributed by atoms with van der Waals surface area (Å²) in [6.45, 7) is 3.19. The number of halogens is 5. The summed E-state index contributed by atoms with van der Waals surface area (Å²) >= 11 is 0. The van der Waals surface area contributed by atoms with Gasteiger partial charge in [0.15, 0.2) is 0 Å². The molecule has 1 fully saturated rings. The molecule has 1 aliphatic rings. The highest BCUT2D eigenvalue weighted by atomic mass is 19.4. The van der Waals surface area contributed by atoms with Gasteiger partial charge >= 0.3 is 6.18 Å². The van der Waals surface area contributed by atoms with Crippen molar-refractivity contribution >= 4 is 6.47 Å². The molecule has 98 valence electrons. The average Bonchev–Trinajstić information content (AvgIpc) is 2.62. The van der Waals surface area contributed by atoms with Crippen LogP contribution in [-0.4, -0.2) is 25.2 Å². The standard InChI is InChI=1S/C10H11F5O2/c1-9(2)5(7(9)17-4-16)3-6(8(11)12)10(13,14)15/h3-5,7-8H,1-2H3. The minimum absolute atomic E-state index is 0.107. The van der Waals surface area contributed by atoms with E-state index in [0.717, 1.165) is 0 Å². The van der Waals surface area contributed by atoms with Crippen LogP contribution in [0.5, 0.6) is 0 Å². The molecule has 0 aromatic heterocycles. The van der Waals surface area contributed by atoms with Crippen molar-refractivity contribution < 1.29 is 31.5 Å². The fraction of sp³-hybridized carbons (Fsp3) is 0.700. The lowest BCUT2D eigenvalue weighted by molar-refractivity contribution is -0.130. The molecule has 2 atom stereocenters. The maximum absolute atomic E-state index is 12.3. The first kappa shape index (κ1) is 13.9. The molecular formula is C10H11F5O2. The van der Waals surface area contributed by atoms with E-state index in [1.54, 1.807) is 13.8 Å². The summed E-state index contributed by atoms with van der Waals surface area (Å²) < 4.78 is 65.8. The van der Waals surface area contributed by atoms with Gasteiger partial charge in [0.25, 0.3) is 12.9 Å². The number of alkyl halides is 5. The summed E-state index contributed by atoms with van der Waals surface area (Å²) in [5, 5.41) is 0. The van der Waals surface area contributed by atoms with Crippen LogP contribution in [0.4, 0.5) is 22.0 Å². The van der Waals surface area contributed by atoms with E-state index in [2.05, 4.69) is 4.74 Å². The summed E-state index contributed by atoms with van der Waals surface area (Å²) in [4.78, 5) is 10.1. The van der Waals surface area contributed by atoms with Crippen molar-refractivity contribution in [1.82, 2.24) is 0 Å². The number of hydrogen-bond acceptors (Lipinski definition) is 2. The maximum Gasteiger partial charge on any atom is 0.417 e. The van der Waals surface area contributed by atoms with Gasteiger partial charge in [0.2, 0.25) is 0 Å². The van der Waals surface area contributed by atoms with Gasteiger partial charge in [-0.1, -0.05) is 19.9 Å². The molecule has 2 unspecified atom stereocenters. The Hall–Kier alpha value is -1.14. The summed E-state index contributed by atoms with van der Waals surface area (Å²) in [6, 6.07) is 0. The first-order valence-electron chi connectivity index (χ1n) is 4.78. The van der Waals surface area contributed by atoms with Crippen molar-refractivity contribution in [3.63, 3.8) is 0 Å². The predicted octanol–water partition coefficient (Wildman–Crippen LogP) is 2.94. The Labute approximate surface area is 94.4 Å². The number of carbonyl (C=O) groups excluding carboxylic acids is 1. The lowest BCUT2D eigenvalue weighted by Crippen LogP contribution is -2.19. The molecule has 0 amide bonds. The Balaban J connectivity index is 2.91. The van der Waals surface area contributed by atoms with Crippen molar-refractivity contribution in [1.29, 1.82) is 0 Å². The van der Waals surface area contributed by atoms with Gasteiger partial charge in [-0.3, -0.25) is 4.79 Å². The number of ether oxygens (including phenoxy) is 1. The lowest BCUT2D eigenvalue weighted by atomic mass is 10.1. The van der Waals surface area contributed by atoms with E-state index >= 15 is 0 Å². The zero-order chi connectivity index (χ0) is 13.4. The highest BCUT2D eigenvalue weighted by Crippen LogP contribution is 2.56. The van der Waals surface area contributed by atoms with Gasteiger partial charge in [0, 0.05) is 11.3 Å². The molecular weight excluding hydrogens is 247 g/mol. The number of rotatable bonds is 4. The van der Waals surface area contributed by atoms with Crippen LogP contribution in [-0.2, 0) is 9.53 Å². The monoisotopic (exact) mass is 258 g/mol. The Morgan fingerprint density at radius 3 is 2.24 bits per heavy atom. The Kier molecular flexibility index (Phi) is 3.50. The molecule has 1 aliphatic carbocycles. The molecule has 7 heteroatoms. The molecule has 0 aromatic rings. The van der Waals surface area contributed by atoms with Gasteiger partial charge in [0.1, 0.15) is 6.10 Å². The molecule has 17 heavy (non-hydrogen) atoms. The average molecular weight is 258 g/mol. The molecule has 2 nitrogen and oxygen atoms in total. The van der Waals surface area contributed by atoms with E-state index in [9.17, 15) is 26.7 Å². The van der Waals surface area contributed by atoms with Crippen molar-refractivity contribution in [3.8, 4) is 0 Å². The predicted molar refractivity (Wildman–Crippen MR) is 48.4 cm³/mol. The highest BCUT2D eigenvalue weighted by molar-refractivity contribution is 5.40. The molecule has 0 aromatic carbocycles. The topological polar surface area (TPSA) is 26.3 Å². The first-order valence-corrected chi connectivity index (χ1v) is 4.78. The summed E-state index contributed by atoms with van der Waals surface area (Å²) in [7, 11) is 0. The second-order valence-electron chi connectivity index (χ2n) is 4.42. The van der Waals surface area contributed by atoms with E-state index in [0.29, 0.717) is 6.08 Å². The van der Waals surface area contributed by atoms with E-state index in [-0.39, 0.29) is 6.47 Å². The number of allylic oxidation sites excluding steroid dienone is 1. The fourth-order valence-electron chi connectivity index (χ4n) is 1.74. The number of carbonyl (C=O) groups is 1. The van der Waals surface area contributed by atoms with Crippen LogP contribution in [0.1, 0.15) is 13.8 Å². The minimum atomic E-state index is -5.07. The van der Waals surface area contributed by atoms with Gasteiger partial charge in [-0.25, -0.2) is 8.78 Å². The van der Waals surface area contributed by atoms with Crippen LogP contribution in [0.3, 0.4) is 0 Å². The summed E-state index contributed by atoms with van der Waals surface area (Å²) in [5.41, 5.74) is -2.63. The van der Waals surface area contributed by atoms with E-state index in [4.69, 9.17) is 0 Å². The first-order chi connectivity index (χ1) is 7.62. The van der Waals surface area contributed by atoms with E-state index < -0.39 is 35.6 Å². The van der Waals surface area contributed by atoms with Gasteiger partial charge in [-0.2, -0.15) is 13.2 Å². The SMILES string of the molecule is CC1(C)C(C=C(C(F)F)C(F)(F)F)C1OC=O. The lowest BCUT2D eigenvalue weighted by Gasteiger charge is -2.10. The summed E-state index contributed by atoms with van der Waals surface area (Å²) in [5.74, 6) is -0.835. The highest BCUT2D eigenvalue weighted by Gasteiger charge is 2.60. The number of hydrogen-bond donors (Lipinski definition) is 0. The van der Waals surface area contributed by atoms with Crippen LogP contribution in [0.15, 0.2) is 11.6 Å². The third-order valence-corrected chi connectivity index (χ3v) is 2.93. The Morgan fingerprint density at radius 1 is 1.35 bits per heavy atom. The smallest absolute Gasteiger partial charge is 0.417 e. The molecule has 0 N–H and O–H groups in total. The van der Waals surface area contributed by atoms with Crippen molar-refractivity contribution in [2.75, 3.05) is 0 Å². The molecule has 0 saturated heterocycles. The third-order valence-electron chi connectivity index (χ3n) is 2.93. The van der Waals surface area contributed by atoms with Gasteiger partial charge < -0.3 is 4.74 Å². The molecule has 0 radical (unpaired) electrons. The fourth-order valence-corrected chi connectivity index (χ4v) is 1.74. The molecule has 0 spiro atoms. The molecule has 0 aliphatic heterocycles. The Bertz CT molecular complexity index is 332. The van der Waals surface area contributed by atoms with Crippen LogP contribution in [0.2, 0.25) is 0 Å². The van der Waals surface area contributed by atoms with Crippen molar-refractivity contribution in [2.45, 2.75) is 32.6 Å². The van der Waals surface area contributed by atoms with E-state index in [1.807, 2.05) is 0 Å². The second kappa shape index (κ2) is 4.27. The normalized spacial score (nSPS) is 28.1. The molecule has 0 heterocycles. The Morgan fingerprint density at radius 2 is 1.88 bits per heavy atom. The van der Waals surface area contributed by atoms with Crippen LogP contribution in [0, 0.1) is 11.3 Å². The zero-order valence-electron chi connectivity index (χ0n) is 9.09. The largest absolute Gasteiger partial charge is 0.463 e. The molecule has 0 bridgehead atoms. The van der Waals surface area contributed by atoms with Gasteiger partial charge in [0.05, 0.1) is 5.57 Å². The second-order valence-corrected chi connectivity index (χ2v) is 4.42. The van der Waals surface area contributed by atoms with Crippen LogP contribution in [0.25, 0.3) is 0 Å². The van der Waals surface area contributed by atoms with Gasteiger partial charge in [-0.15, -0.1) is 0 Å². The van der Waals surface area contributed by atoms with Crippen molar-refractivity contribution in [3.05, 3.63) is 11.6 Å². The maximum atomic E-state index is 12.3. The summed E-state index contributed by atoms with van der Waals surface area (Å²) in [6.07, 6.45) is -8.99. The molecule has 1 saturated carbocycles. The van der Waals surface area contributed by atoms with Gasteiger partial charge in [-0.05, 0) is 0 Å². The van der Waals surface area contributed by atoms with E-state index in [1.165, 1.54) is 0 Å². The third kappa shape index (κ3) is 2.76. The molecule has 1 rings (SSSR count). The van der Waals surface area contributed by atoms with Crippen LogP contribution < -0.4 is 0 Å². The zero-order valence-corrected chi connectivity index (χ0v) is 9.09. The quantitative estimate of drug-likeness (QED) is 0.440. The van der Waals surface area contributed by atoms with Crippen LogP contribution >= 0.6 is 0 Å². The van der Waals surface area contributed by atoms with Crippen molar-refractivity contribution in [2.24, 2.45) is 11.3 Å².